The molecule has 0 bridgehead atoms. The number of amides is 1. The van der Waals surface area contributed by atoms with E-state index in [-0.39, 0.29) is 6.10 Å². The van der Waals surface area contributed by atoms with E-state index in [0.29, 0.717) is 19.7 Å². The molecule has 2 heterocycles. The number of aromatic nitrogens is 1. The Hall–Kier alpha value is -1.62. The van der Waals surface area contributed by atoms with Crippen molar-refractivity contribution in [3.8, 4) is 0 Å². The molecule has 1 aromatic heterocycles. The van der Waals surface area contributed by atoms with Gasteiger partial charge in [-0.3, -0.25) is 4.98 Å². The molecule has 0 aliphatic carbocycles. The second-order valence-electron chi connectivity index (χ2n) is 3.85. The predicted molar refractivity (Wildman–Crippen MR) is 57.3 cm³/mol. The van der Waals surface area contributed by atoms with E-state index < -0.39 is 6.09 Å². The minimum Gasteiger partial charge on any atom is -0.465 e. The average Bonchev–Trinajstić information content (AvgIpc) is 2.30. The Morgan fingerprint density at radius 3 is 3.06 bits per heavy atom. The van der Waals surface area contributed by atoms with Crippen LogP contribution in [-0.2, 0) is 4.74 Å². The van der Waals surface area contributed by atoms with Gasteiger partial charge in [0.1, 0.15) is 6.10 Å². The van der Waals surface area contributed by atoms with Crippen molar-refractivity contribution in [2.45, 2.75) is 13.0 Å². The molecule has 1 amide bonds. The summed E-state index contributed by atoms with van der Waals surface area (Å²) in [6.45, 7) is 3.16. The average molecular weight is 222 g/mol. The van der Waals surface area contributed by atoms with Crippen LogP contribution in [0.1, 0.15) is 17.4 Å². The van der Waals surface area contributed by atoms with Crippen LogP contribution in [-0.4, -0.2) is 40.8 Å². The number of ether oxygens (including phenoxy) is 1. The van der Waals surface area contributed by atoms with Gasteiger partial charge in [0.15, 0.2) is 0 Å². The smallest absolute Gasteiger partial charge is 0.407 e. The van der Waals surface area contributed by atoms with Crippen LogP contribution in [0, 0.1) is 6.92 Å². The molecule has 1 atom stereocenters. The van der Waals surface area contributed by atoms with Crippen LogP contribution in [0.4, 0.5) is 4.79 Å². The number of hydrogen-bond donors (Lipinski definition) is 1. The van der Waals surface area contributed by atoms with Crippen molar-refractivity contribution in [2.24, 2.45) is 0 Å². The molecule has 0 aromatic carbocycles. The first-order chi connectivity index (χ1) is 7.66. The molecular weight excluding hydrogens is 208 g/mol. The van der Waals surface area contributed by atoms with Gasteiger partial charge >= 0.3 is 6.09 Å². The van der Waals surface area contributed by atoms with Crippen LogP contribution >= 0.6 is 0 Å². The normalized spacial score (nSPS) is 20.8. The molecule has 2 rings (SSSR count). The number of carboxylic acid groups (broad SMARTS) is 1. The maximum atomic E-state index is 10.8. The molecule has 0 radical (unpaired) electrons. The Kier molecular flexibility index (Phi) is 3.05. The summed E-state index contributed by atoms with van der Waals surface area (Å²) in [4.78, 5) is 16.4. The van der Waals surface area contributed by atoms with E-state index in [1.54, 1.807) is 6.20 Å². The zero-order valence-corrected chi connectivity index (χ0v) is 9.09. The molecular formula is C11H14N2O3. The monoisotopic (exact) mass is 222 g/mol. The minimum absolute atomic E-state index is 0.245. The Morgan fingerprint density at radius 2 is 2.44 bits per heavy atom. The minimum atomic E-state index is -0.902. The first-order valence-electron chi connectivity index (χ1n) is 5.19. The summed E-state index contributed by atoms with van der Waals surface area (Å²) >= 11 is 0. The third-order valence-corrected chi connectivity index (χ3v) is 2.60. The number of morpholine rings is 1. The molecule has 1 aliphatic rings. The molecule has 1 N–H and O–H groups in total. The maximum absolute atomic E-state index is 10.8. The van der Waals surface area contributed by atoms with Gasteiger partial charge < -0.3 is 14.7 Å². The quantitative estimate of drug-likeness (QED) is 0.781. The van der Waals surface area contributed by atoms with Crippen molar-refractivity contribution in [1.82, 2.24) is 9.88 Å². The third-order valence-electron chi connectivity index (χ3n) is 2.60. The number of rotatable bonds is 1. The molecule has 0 spiro atoms. The van der Waals surface area contributed by atoms with Gasteiger partial charge in [0.05, 0.1) is 18.8 Å². The Labute approximate surface area is 93.7 Å². The molecule has 5 nitrogen and oxygen atoms in total. The van der Waals surface area contributed by atoms with Gasteiger partial charge in [0.25, 0.3) is 0 Å². The van der Waals surface area contributed by atoms with E-state index in [0.717, 1.165) is 11.3 Å². The highest BCUT2D eigenvalue weighted by atomic mass is 16.5. The van der Waals surface area contributed by atoms with Crippen molar-refractivity contribution < 1.29 is 14.6 Å². The summed E-state index contributed by atoms with van der Waals surface area (Å²) in [6.07, 6.45) is 0.615. The highest BCUT2D eigenvalue weighted by molar-refractivity contribution is 5.65. The fourth-order valence-corrected chi connectivity index (χ4v) is 1.67. The molecule has 1 aliphatic heterocycles. The lowest BCUT2D eigenvalue weighted by atomic mass is 10.1. The van der Waals surface area contributed by atoms with Crippen LogP contribution in [0.15, 0.2) is 18.3 Å². The van der Waals surface area contributed by atoms with E-state index >= 15 is 0 Å². The predicted octanol–water partition coefficient (Wildman–Crippen LogP) is 1.44. The van der Waals surface area contributed by atoms with Gasteiger partial charge in [-0.25, -0.2) is 4.79 Å². The molecule has 5 heteroatoms. The summed E-state index contributed by atoms with van der Waals surface area (Å²) in [7, 11) is 0. The highest BCUT2D eigenvalue weighted by Gasteiger charge is 2.25. The van der Waals surface area contributed by atoms with Gasteiger partial charge in [-0.2, -0.15) is 0 Å². The van der Waals surface area contributed by atoms with Crippen molar-refractivity contribution in [3.05, 3.63) is 29.6 Å². The zero-order chi connectivity index (χ0) is 11.5. The van der Waals surface area contributed by atoms with Crippen LogP contribution in [0.5, 0.6) is 0 Å². The summed E-state index contributed by atoms with van der Waals surface area (Å²) < 4.78 is 5.52. The van der Waals surface area contributed by atoms with Crippen molar-refractivity contribution >= 4 is 6.09 Å². The van der Waals surface area contributed by atoms with Crippen LogP contribution in [0.25, 0.3) is 0 Å². The van der Waals surface area contributed by atoms with Crippen LogP contribution < -0.4 is 0 Å². The molecule has 1 fully saturated rings. The second-order valence-corrected chi connectivity index (χ2v) is 3.85. The topological polar surface area (TPSA) is 62.7 Å². The number of hydrogen-bond acceptors (Lipinski definition) is 3. The van der Waals surface area contributed by atoms with E-state index in [1.165, 1.54) is 4.90 Å². The summed E-state index contributed by atoms with van der Waals surface area (Å²) in [5.74, 6) is 0. The SMILES string of the molecule is Cc1ccc([C@H]2CN(C(=O)O)CCO2)nc1. The number of nitrogens with zero attached hydrogens (tertiary/aromatic N) is 2. The van der Waals surface area contributed by atoms with Gasteiger partial charge in [0, 0.05) is 12.7 Å². The summed E-state index contributed by atoms with van der Waals surface area (Å²) in [6, 6.07) is 3.83. The van der Waals surface area contributed by atoms with Gasteiger partial charge in [-0.15, -0.1) is 0 Å². The molecule has 0 saturated carbocycles. The van der Waals surface area contributed by atoms with Gasteiger partial charge in [-0.1, -0.05) is 6.07 Å². The van der Waals surface area contributed by atoms with Crippen LogP contribution in [0.2, 0.25) is 0 Å². The fourth-order valence-electron chi connectivity index (χ4n) is 1.67. The largest absolute Gasteiger partial charge is 0.465 e. The molecule has 1 aromatic rings. The van der Waals surface area contributed by atoms with E-state index in [2.05, 4.69) is 4.98 Å². The van der Waals surface area contributed by atoms with E-state index in [9.17, 15) is 4.79 Å². The third kappa shape index (κ3) is 2.30. The highest BCUT2D eigenvalue weighted by Crippen LogP contribution is 2.20. The lowest BCUT2D eigenvalue weighted by Crippen LogP contribution is -2.41. The summed E-state index contributed by atoms with van der Waals surface area (Å²) in [5.41, 5.74) is 1.87. The maximum Gasteiger partial charge on any atom is 0.407 e. The van der Waals surface area contributed by atoms with Crippen molar-refractivity contribution in [2.75, 3.05) is 19.7 Å². The zero-order valence-electron chi connectivity index (χ0n) is 9.09. The van der Waals surface area contributed by atoms with Crippen molar-refractivity contribution in [1.29, 1.82) is 0 Å². The number of pyridine rings is 1. The fraction of sp³-hybridized carbons (Fsp3) is 0.455. The van der Waals surface area contributed by atoms with E-state index in [4.69, 9.17) is 9.84 Å². The number of aryl methyl sites for hydroxylation is 1. The molecule has 16 heavy (non-hydrogen) atoms. The number of carbonyl (C=O) groups is 1. The van der Waals surface area contributed by atoms with E-state index in [1.807, 2.05) is 19.1 Å². The lowest BCUT2D eigenvalue weighted by molar-refractivity contribution is -0.0252. The second kappa shape index (κ2) is 4.49. The van der Waals surface area contributed by atoms with Gasteiger partial charge in [-0.05, 0) is 18.6 Å². The standard InChI is InChI=1S/C11H14N2O3/c1-8-2-3-9(12-6-8)10-7-13(11(14)15)4-5-16-10/h2-3,6,10H,4-5,7H2,1H3,(H,14,15)/t10-/m1/s1. The molecule has 0 unspecified atom stereocenters. The molecule has 86 valence electrons. The first kappa shape index (κ1) is 10.9. The van der Waals surface area contributed by atoms with Gasteiger partial charge in [0.2, 0.25) is 0 Å². The Bertz CT molecular complexity index is 377. The first-order valence-corrected chi connectivity index (χ1v) is 5.19. The lowest BCUT2D eigenvalue weighted by Gasteiger charge is -2.30. The Morgan fingerprint density at radius 1 is 1.62 bits per heavy atom. The Balaban J connectivity index is 2.09. The van der Waals surface area contributed by atoms with Crippen molar-refractivity contribution in [3.63, 3.8) is 0 Å². The molecule has 1 saturated heterocycles. The van der Waals surface area contributed by atoms with Crippen LogP contribution in [0.3, 0.4) is 0 Å². The summed E-state index contributed by atoms with van der Waals surface area (Å²) in [5, 5.41) is 8.90.